The van der Waals surface area contributed by atoms with E-state index < -0.39 is 41.8 Å². The molecule has 2 atom stereocenters. The number of fused-ring (bicyclic) bond motifs is 1. The van der Waals surface area contributed by atoms with Crippen molar-refractivity contribution in [3.05, 3.63) is 106 Å². The Morgan fingerprint density at radius 1 is 0.909 bits per heavy atom. The van der Waals surface area contributed by atoms with Gasteiger partial charge in [-0.1, -0.05) is 38.1 Å². The number of halogens is 7. The Balaban J connectivity index is 0.00000514. The molecule has 294 valence electrons. The van der Waals surface area contributed by atoms with Crippen LogP contribution in [0.1, 0.15) is 132 Å². The number of hydrogen-bond acceptors (Lipinski definition) is 6. The molecule has 0 radical (unpaired) electrons. The topological polar surface area (TPSA) is 99.4 Å². The van der Waals surface area contributed by atoms with Crippen LogP contribution in [0, 0.1) is 5.41 Å². The van der Waals surface area contributed by atoms with Gasteiger partial charge in [0.15, 0.2) is 6.17 Å². The van der Waals surface area contributed by atoms with Gasteiger partial charge in [-0.2, -0.15) is 13.2 Å². The Bertz CT molecular complexity index is 2010. The van der Waals surface area contributed by atoms with Gasteiger partial charge < -0.3 is 15.1 Å². The van der Waals surface area contributed by atoms with Crippen molar-refractivity contribution in [1.82, 2.24) is 15.0 Å². The summed E-state index contributed by atoms with van der Waals surface area (Å²) in [7, 11) is 0. The van der Waals surface area contributed by atoms with Crippen molar-refractivity contribution in [1.29, 1.82) is 0 Å². The van der Waals surface area contributed by atoms with Crippen LogP contribution in [0.3, 0.4) is 0 Å². The predicted octanol–water partition coefficient (Wildman–Crippen LogP) is 10.4. The van der Waals surface area contributed by atoms with E-state index in [4.69, 9.17) is 4.98 Å². The standard InChI is InChI=1S/C41H42F6N4O3.ClH/c1-39(2)19-30-33(31(52)20-39)32(23-10-14-40(43,44)15-11-23)34(35(42)24-6-8-29(9-7-24)41(45,46)47)36(50-30)25-12-16-51(17-13-25)38-48-21-28(22-49-38)26-4-3-5-27(18-26)37(53)54;/h3-9,18,21-23,25,31,35,52H,10-17,19-20H2,1-2H3,(H,53,54);1H/t31-,35-;/m0./s1. The highest BCUT2D eigenvalue weighted by atomic mass is 35.5. The SMILES string of the molecule is CC1(C)Cc2nc(C3CCN(c4ncc(-c5cccc(C(=O)O)c5)cn4)CC3)c([C@@H](F)c3ccc(C(F)(F)F)cc3)c(C3CCC(F)(F)CC3)c2[C@@H](O)C1.Cl. The number of aromatic carboxylic acids is 1. The van der Waals surface area contributed by atoms with Crippen LogP contribution in [0.25, 0.3) is 11.1 Å². The summed E-state index contributed by atoms with van der Waals surface area (Å²) in [6, 6.07) is 10.4. The maximum atomic E-state index is 17.3. The van der Waals surface area contributed by atoms with Gasteiger partial charge in [-0.15, -0.1) is 12.4 Å². The van der Waals surface area contributed by atoms with Crippen molar-refractivity contribution in [2.24, 2.45) is 5.41 Å². The molecule has 1 aliphatic heterocycles. The highest BCUT2D eigenvalue weighted by molar-refractivity contribution is 5.89. The van der Waals surface area contributed by atoms with Crippen LogP contribution in [-0.2, 0) is 12.6 Å². The van der Waals surface area contributed by atoms with Gasteiger partial charge in [0.05, 0.1) is 22.9 Å². The van der Waals surface area contributed by atoms with Gasteiger partial charge in [-0.3, -0.25) is 4.98 Å². The van der Waals surface area contributed by atoms with Crippen molar-refractivity contribution in [2.75, 3.05) is 18.0 Å². The van der Waals surface area contributed by atoms with Crippen molar-refractivity contribution in [3.63, 3.8) is 0 Å². The maximum Gasteiger partial charge on any atom is 0.416 e. The van der Waals surface area contributed by atoms with E-state index in [9.17, 15) is 37.0 Å². The zero-order chi connectivity index (χ0) is 38.6. The van der Waals surface area contributed by atoms with E-state index in [1.807, 2.05) is 18.7 Å². The molecule has 0 spiro atoms. The van der Waals surface area contributed by atoms with Gasteiger partial charge in [-0.25, -0.2) is 27.9 Å². The van der Waals surface area contributed by atoms with Gasteiger partial charge in [0.25, 0.3) is 0 Å². The molecule has 3 heterocycles. The number of pyridine rings is 1. The number of aliphatic hydroxyl groups excluding tert-OH is 1. The second-order valence-corrected chi connectivity index (χ2v) is 15.8. The average molecular weight is 789 g/mol. The third-order valence-corrected chi connectivity index (χ3v) is 11.3. The van der Waals surface area contributed by atoms with Gasteiger partial charge >= 0.3 is 12.1 Å². The Morgan fingerprint density at radius 3 is 2.15 bits per heavy atom. The lowest BCUT2D eigenvalue weighted by molar-refractivity contribution is -0.137. The first-order valence-electron chi connectivity index (χ1n) is 18.3. The molecule has 7 rings (SSSR count). The molecule has 2 aromatic heterocycles. The highest BCUT2D eigenvalue weighted by Gasteiger charge is 2.44. The number of aliphatic hydroxyl groups is 1. The summed E-state index contributed by atoms with van der Waals surface area (Å²) in [5, 5.41) is 21.0. The van der Waals surface area contributed by atoms with E-state index in [1.165, 1.54) is 6.07 Å². The lowest BCUT2D eigenvalue weighted by atomic mass is 9.68. The smallest absolute Gasteiger partial charge is 0.416 e. The minimum absolute atomic E-state index is 0. The number of carboxylic acid groups (broad SMARTS) is 1. The van der Waals surface area contributed by atoms with Crippen LogP contribution >= 0.6 is 12.4 Å². The summed E-state index contributed by atoms with van der Waals surface area (Å²) >= 11 is 0. The second-order valence-electron chi connectivity index (χ2n) is 15.8. The molecular weight excluding hydrogens is 746 g/mol. The number of benzene rings is 2. The molecule has 3 aliphatic rings. The molecule has 55 heavy (non-hydrogen) atoms. The van der Waals surface area contributed by atoms with E-state index >= 15 is 4.39 Å². The quantitative estimate of drug-likeness (QED) is 0.180. The molecule has 2 fully saturated rings. The summed E-state index contributed by atoms with van der Waals surface area (Å²) in [5.41, 5.74) is 2.46. The summed E-state index contributed by atoms with van der Waals surface area (Å²) in [4.78, 5) is 27.7. The first-order valence-corrected chi connectivity index (χ1v) is 18.3. The summed E-state index contributed by atoms with van der Waals surface area (Å²) in [5.74, 6) is -4.20. The van der Waals surface area contributed by atoms with Crippen LogP contribution in [0.5, 0.6) is 0 Å². The van der Waals surface area contributed by atoms with Crippen LogP contribution in [0.15, 0.2) is 60.9 Å². The van der Waals surface area contributed by atoms with Gasteiger partial charge in [0, 0.05) is 66.6 Å². The number of rotatable bonds is 7. The van der Waals surface area contributed by atoms with Gasteiger partial charge in [-0.05, 0) is 90.8 Å². The number of piperidine rings is 1. The molecule has 7 nitrogen and oxygen atoms in total. The van der Waals surface area contributed by atoms with Crippen LogP contribution in [0.4, 0.5) is 32.3 Å². The molecule has 0 bridgehead atoms. The number of nitrogens with zero attached hydrogens (tertiary/aromatic N) is 4. The van der Waals surface area contributed by atoms with Crippen molar-refractivity contribution in [3.8, 4) is 11.1 Å². The Kier molecular flexibility index (Phi) is 11.3. The summed E-state index contributed by atoms with van der Waals surface area (Å²) in [6.45, 7) is 4.99. The molecular formula is C41H43ClF6N4O3. The van der Waals surface area contributed by atoms with Crippen molar-refractivity contribution >= 4 is 24.3 Å². The number of carbonyl (C=O) groups is 1. The fourth-order valence-corrected chi connectivity index (χ4v) is 8.53. The fourth-order valence-electron chi connectivity index (χ4n) is 8.53. The van der Waals surface area contributed by atoms with Crippen molar-refractivity contribution in [2.45, 2.75) is 101 Å². The number of alkyl halides is 6. The van der Waals surface area contributed by atoms with E-state index in [0.29, 0.717) is 78.4 Å². The third kappa shape index (κ3) is 8.47. The van der Waals surface area contributed by atoms with Gasteiger partial charge in [0.2, 0.25) is 11.9 Å². The normalized spacial score (nSPS) is 20.7. The first kappa shape index (κ1) is 40.4. The zero-order valence-corrected chi connectivity index (χ0v) is 31.2. The van der Waals surface area contributed by atoms with E-state index in [-0.39, 0.29) is 66.1 Å². The fraction of sp³-hybridized carbons (Fsp3) is 0.463. The maximum absolute atomic E-state index is 17.3. The Labute approximate surface area is 321 Å². The number of anilines is 1. The minimum Gasteiger partial charge on any atom is -0.478 e. The molecule has 1 saturated heterocycles. The molecule has 4 aromatic rings. The number of aromatic nitrogens is 3. The molecule has 2 N–H and O–H groups in total. The van der Waals surface area contributed by atoms with Crippen molar-refractivity contribution < 1.29 is 41.4 Å². The van der Waals surface area contributed by atoms with Crippen LogP contribution in [0.2, 0.25) is 0 Å². The minimum atomic E-state index is -4.61. The molecule has 0 amide bonds. The zero-order valence-electron chi connectivity index (χ0n) is 30.4. The average Bonchev–Trinajstić information content (AvgIpc) is 3.13. The summed E-state index contributed by atoms with van der Waals surface area (Å²) in [6.07, 6.45) is -2.98. The number of carboxylic acids is 1. The molecule has 2 aliphatic carbocycles. The van der Waals surface area contributed by atoms with Crippen LogP contribution < -0.4 is 4.90 Å². The Morgan fingerprint density at radius 2 is 1.55 bits per heavy atom. The lowest BCUT2D eigenvalue weighted by Gasteiger charge is -2.41. The second kappa shape index (κ2) is 15.4. The van der Waals surface area contributed by atoms with Gasteiger partial charge in [0.1, 0.15) is 0 Å². The highest BCUT2D eigenvalue weighted by Crippen LogP contribution is 2.52. The predicted molar refractivity (Wildman–Crippen MR) is 198 cm³/mol. The van der Waals surface area contributed by atoms with Crippen LogP contribution in [-0.4, -0.2) is 50.1 Å². The Hall–Kier alpha value is -4.23. The number of hydrogen-bond donors (Lipinski definition) is 2. The van der Waals surface area contributed by atoms with E-state index in [0.717, 1.165) is 24.3 Å². The molecule has 1 saturated carbocycles. The lowest BCUT2D eigenvalue weighted by Crippen LogP contribution is -2.36. The molecule has 14 heteroatoms. The first-order chi connectivity index (χ1) is 25.5. The largest absolute Gasteiger partial charge is 0.478 e. The molecule has 2 aromatic carbocycles. The van der Waals surface area contributed by atoms with E-state index in [1.54, 1.807) is 30.6 Å². The summed E-state index contributed by atoms with van der Waals surface area (Å²) < 4.78 is 86.8. The third-order valence-electron chi connectivity index (χ3n) is 11.3. The van der Waals surface area contributed by atoms with E-state index in [2.05, 4.69) is 9.97 Å². The molecule has 0 unspecified atom stereocenters. The monoisotopic (exact) mass is 788 g/mol.